The normalized spacial score (nSPS) is 11.2. The smallest absolute Gasteiger partial charge is 0.336 e. The molecule has 0 aliphatic heterocycles. The highest BCUT2D eigenvalue weighted by Gasteiger charge is 2.11. The molecule has 0 fully saturated rings. The summed E-state index contributed by atoms with van der Waals surface area (Å²) in [6.07, 6.45) is -0.571. The maximum absolute atomic E-state index is 11.9. The predicted molar refractivity (Wildman–Crippen MR) is 99.7 cm³/mol. The molecule has 0 radical (unpaired) electrons. The van der Waals surface area contributed by atoms with Crippen molar-refractivity contribution < 1.29 is 9.15 Å². The van der Waals surface area contributed by atoms with Crippen LogP contribution in [0.3, 0.4) is 0 Å². The number of hydrogen-bond donors (Lipinski definition) is 0. The lowest BCUT2D eigenvalue weighted by Crippen LogP contribution is -2.08. The zero-order chi connectivity index (χ0) is 18.4. The molecule has 1 heterocycles. The minimum Gasteiger partial charge on any atom is -0.476 e. The van der Waals surface area contributed by atoms with E-state index in [-0.39, 0.29) is 0 Å². The van der Waals surface area contributed by atoms with Crippen molar-refractivity contribution in [1.82, 2.24) is 0 Å². The van der Waals surface area contributed by atoms with Gasteiger partial charge in [-0.25, -0.2) is 4.79 Å². The molecule has 0 saturated carbocycles. The van der Waals surface area contributed by atoms with Crippen LogP contribution in [0.2, 0.25) is 0 Å². The SMILES string of the molecule is CC.Cc1ccccc1-c1cc(=O)oc2cc(OC(C)C#N)ccc12. The van der Waals surface area contributed by atoms with Gasteiger partial charge >= 0.3 is 5.63 Å². The highest BCUT2D eigenvalue weighted by Crippen LogP contribution is 2.31. The van der Waals surface area contributed by atoms with Crippen molar-refractivity contribution >= 4 is 11.0 Å². The monoisotopic (exact) mass is 335 g/mol. The first kappa shape index (κ1) is 18.3. The second kappa shape index (κ2) is 8.16. The Kier molecular flexibility index (Phi) is 5.97. The third-order valence-corrected chi connectivity index (χ3v) is 3.65. The summed E-state index contributed by atoms with van der Waals surface area (Å²) < 4.78 is 10.8. The number of hydrogen-bond acceptors (Lipinski definition) is 4. The van der Waals surface area contributed by atoms with E-state index >= 15 is 0 Å². The van der Waals surface area contributed by atoms with Gasteiger partial charge in [0, 0.05) is 23.1 Å². The van der Waals surface area contributed by atoms with Crippen molar-refractivity contribution in [2.45, 2.75) is 33.8 Å². The molecular formula is C21H21NO3. The van der Waals surface area contributed by atoms with Crippen LogP contribution in [0.4, 0.5) is 0 Å². The maximum atomic E-state index is 11.9. The molecule has 4 heteroatoms. The molecule has 4 nitrogen and oxygen atoms in total. The summed E-state index contributed by atoms with van der Waals surface area (Å²) in [7, 11) is 0. The number of nitrogens with zero attached hydrogens (tertiary/aromatic N) is 1. The van der Waals surface area contributed by atoms with E-state index in [0.29, 0.717) is 11.3 Å². The quantitative estimate of drug-likeness (QED) is 0.626. The number of aryl methyl sites for hydroxylation is 1. The van der Waals surface area contributed by atoms with Crippen molar-refractivity contribution in [2.75, 3.05) is 0 Å². The van der Waals surface area contributed by atoms with Gasteiger partial charge < -0.3 is 9.15 Å². The molecule has 1 aromatic heterocycles. The average Bonchev–Trinajstić information content (AvgIpc) is 2.62. The van der Waals surface area contributed by atoms with Crippen LogP contribution in [0.25, 0.3) is 22.1 Å². The summed E-state index contributed by atoms with van der Waals surface area (Å²) in [4.78, 5) is 11.9. The van der Waals surface area contributed by atoms with E-state index in [1.54, 1.807) is 19.1 Å². The van der Waals surface area contributed by atoms with Gasteiger partial charge in [-0.3, -0.25) is 0 Å². The van der Waals surface area contributed by atoms with Crippen LogP contribution < -0.4 is 10.4 Å². The largest absolute Gasteiger partial charge is 0.476 e. The molecule has 0 saturated heterocycles. The minimum atomic E-state index is -0.571. The van der Waals surface area contributed by atoms with Crippen LogP contribution in [0, 0.1) is 18.3 Å². The van der Waals surface area contributed by atoms with E-state index in [1.165, 1.54) is 6.07 Å². The number of benzene rings is 2. The molecule has 1 unspecified atom stereocenters. The Morgan fingerprint density at radius 3 is 2.48 bits per heavy atom. The van der Waals surface area contributed by atoms with Gasteiger partial charge in [-0.05, 0) is 37.1 Å². The summed E-state index contributed by atoms with van der Waals surface area (Å²) in [5.41, 5.74) is 2.93. The number of ether oxygens (including phenoxy) is 1. The fourth-order valence-corrected chi connectivity index (χ4v) is 2.54. The first-order valence-electron chi connectivity index (χ1n) is 8.28. The Bertz CT molecular complexity index is 967. The zero-order valence-electron chi connectivity index (χ0n) is 14.9. The Hall–Kier alpha value is -3.06. The highest BCUT2D eigenvalue weighted by molar-refractivity contribution is 5.94. The Labute approximate surface area is 147 Å². The van der Waals surface area contributed by atoms with Crippen LogP contribution in [-0.4, -0.2) is 6.10 Å². The summed E-state index contributed by atoms with van der Waals surface area (Å²) in [6, 6.07) is 16.7. The molecule has 0 spiro atoms. The topological polar surface area (TPSA) is 63.2 Å². The third-order valence-electron chi connectivity index (χ3n) is 3.65. The number of rotatable bonds is 3. The van der Waals surface area contributed by atoms with Crippen molar-refractivity contribution in [3.8, 4) is 22.9 Å². The van der Waals surface area contributed by atoms with Crippen LogP contribution >= 0.6 is 0 Å². The zero-order valence-corrected chi connectivity index (χ0v) is 14.9. The fraction of sp³-hybridized carbons (Fsp3) is 0.238. The Balaban J connectivity index is 0.00000109. The van der Waals surface area contributed by atoms with Gasteiger partial charge in [-0.2, -0.15) is 5.26 Å². The van der Waals surface area contributed by atoms with E-state index in [1.807, 2.05) is 57.2 Å². The standard InChI is InChI=1S/C19H15NO3.C2H6/c1-12-5-3-4-6-15(12)17-10-19(21)23-18-9-14(7-8-16(17)18)22-13(2)11-20;1-2/h3-10,13H,1-2H3;1-2H3. The number of fused-ring (bicyclic) bond motifs is 1. The summed E-state index contributed by atoms with van der Waals surface area (Å²) in [6.45, 7) is 7.66. The summed E-state index contributed by atoms with van der Waals surface area (Å²) in [5.74, 6) is 0.497. The van der Waals surface area contributed by atoms with Crippen molar-refractivity contribution in [3.05, 3.63) is 64.5 Å². The van der Waals surface area contributed by atoms with Gasteiger partial charge in [0.05, 0.1) is 0 Å². The summed E-state index contributed by atoms with van der Waals surface area (Å²) in [5, 5.41) is 9.66. The van der Waals surface area contributed by atoms with Gasteiger partial charge in [0.25, 0.3) is 0 Å². The molecule has 1 atom stereocenters. The minimum absolute atomic E-state index is 0.416. The molecule has 0 N–H and O–H groups in total. The maximum Gasteiger partial charge on any atom is 0.336 e. The molecule has 0 amide bonds. The molecule has 3 aromatic rings. The highest BCUT2D eigenvalue weighted by atomic mass is 16.5. The van der Waals surface area contributed by atoms with Crippen molar-refractivity contribution in [2.24, 2.45) is 0 Å². The fourth-order valence-electron chi connectivity index (χ4n) is 2.54. The van der Waals surface area contributed by atoms with E-state index in [4.69, 9.17) is 14.4 Å². The predicted octanol–water partition coefficient (Wildman–Crippen LogP) is 5.09. The van der Waals surface area contributed by atoms with Crippen LogP contribution in [-0.2, 0) is 0 Å². The van der Waals surface area contributed by atoms with Gasteiger partial charge in [0.15, 0.2) is 6.10 Å². The van der Waals surface area contributed by atoms with Crippen molar-refractivity contribution in [3.63, 3.8) is 0 Å². The van der Waals surface area contributed by atoms with Gasteiger partial charge in [-0.15, -0.1) is 0 Å². The molecule has 0 aliphatic rings. The van der Waals surface area contributed by atoms with Gasteiger partial charge in [-0.1, -0.05) is 38.1 Å². The molecular weight excluding hydrogens is 314 g/mol. The lowest BCUT2D eigenvalue weighted by atomic mass is 9.98. The van der Waals surface area contributed by atoms with E-state index in [2.05, 4.69) is 0 Å². The first-order chi connectivity index (χ1) is 12.1. The lowest BCUT2D eigenvalue weighted by molar-refractivity contribution is 0.276. The van der Waals surface area contributed by atoms with E-state index in [9.17, 15) is 4.79 Å². The van der Waals surface area contributed by atoms with E-state index in [0.717, 1.165) is 22.1 Å². The molecule has 2 aromatic carbocycles. The number of nitriles is 1. The Morgan fingerprint density at radius 2 is 1.80 bits per heavy atom. The molecule has 25 heavy (non-hydrogen) atoms. The van der Waals surface area contributed by atoms with Crippen LogP contribution in [0.5, 0.6) is 5.75 Å². The second-order valence-corrected chi connectivity index (χ2v) is 5.34. The molecule has 128 valence electrons. The van der Waals surface area contributed by atoms with Gasteiger partial charge in [0.1, 0.15) is 17.4 Å². The van der Waals surface area contributed by atoms with Gasteiger partial charge in [0.2, 0.25) is 0 Å². The first-order valence-corrected chi connectivity index (χ1v) is 8.28. The Morgan fingerprint density at radius 1 is 1.08 bits per heavy atom. The van der Waals surface area contributed by atoms with Crippen LogP contribution in [0.1, 0.15) is 26.3 Å². The second-order valence-electron chi connectivity index (χ2n) is 5.34. The van der Waals surface area contributed by atoms with Crippen molar-refractivity contribution in [1.29, 1.82) is 5.26 Å². The molecule has 3 rings (SSSR count). The average molecular weight is 335 g/mol. The lowest BCUT2D eigenvalue weighted by Gasteiger charge is -2.11. The van der Waals surface area contributed by atoms with Crippen LogP contribution in [0.15, 0.2) is 57.7 Å². The van der Waals surface area contributed by atoms with E-state index < -0.39 is 11.7 Å². The summed E-state index contributed by atoms with van der Waals surface area (Å²) >= 11 is 0. The molecule has 0 aliphatic carbocycles. The third kappa shape index (κ3) is 4.07. The molecule has 0 bridgehead atoms.